The first-order valence-corrected chi connectivity index (χ1v) is 7.06. The molecular weight excluding hydrogens is 238 g/mol. The standard InChI is InChI=1S/C14H27N5/c1-6-19(7-2)14-16-12(3)11-13(17-14)15-9-8-10-18(4)5/h11H,6-10H2,1-5H3,(H,15,16,17). The van der Waals surface area contributed by atoms with Gasteiger partial charge in [-0.1, -0.05) is 0 Å². The lowest BCUT2D eigenvalue weighted by molar-refractivity contribution is 0.405. The fourth-order valence-corrected chi connectivity index (χ4v) is 1.90. The van der Waals surface area contributed by atoms with Crippen molar-refractivity contribution in [2.45, 2.75) is 27.2 Å². The van der Waals surface area contributed by atoms with E-state index in [1.807, 2.05) is 13.0 Å². The largest absolute Gasteiger partial charge is 0.370 e. The van der Waals surface area contributed by atoms with Gasteiger partial charge in [-0.3, -0.25) is 0 Å². The van der Waals surface area contributed by atoms with Crippen LogP contribution in [-0.4, -0.2) is 55.1 Å². The zero-order valence-corrected chi connectivity index (χ0v) is 12.9. The molecule has 108 valence electrons. The highest BCUT2D eigenvalue weighted by atomic mass is 15.3. The summed E-state index contributed by atoms with van der Waals surface area (Å²) in [5, 5.41) is 3.38. The predicted molar refractivity (Wildman–Crippen MR) is 82.0 cm³/mol. The second-order valence-corrected chi connectivity index (χ2v) is 4.95. The minimum Gasteiger partial charge on any atom is -0.370 e. The summed E-state index contributed by atoms with van der Waals surface area (Å²) >= 11 is 0. The Hall–Kier alpha value is -1.36. The fourth-order valence-electron chi connectivity index (χ4n) is 1.90. The maximum atomic E-state index is 4.58. The van der Waals surface area contributed by atoms with Crippen LogP contribution in [-0.2, 0) is 0 Å². The van der Waals surface area contributed by atoms with E-state index in [1.165, 1.54) is 0 Å². The summed E-state index contributed by atoms with van der Waals surface area (Å²) in [6.45, 7) is 10.1. The van der Waals surface area contributed by atoms with Gasteiger partial charge in [-0.05, 0) is 47.8 Å². The van der Waals surface area contributed by atoms with Crippen molar-refractivity contribution in [2.75, 3.05) is 50.5 Å². The zero-order chi connectivity index (χ0) is 14.3. The predicted octanol–water partition coefficient (Wildman–Crippen LogP) is 1.99. The SMILES string of the molecule is CCN(CC)c1nc(C)cc(NCCCN(C)C)n1. The normalized spacial score (nSPS) is 10.8. The van der Waals surface area contributed by atoms with Crippen LogP contribution in [0.15, 0.2) is 6.07 Å². The molecule has 5 nitrogen and oxygen atoms in total. The molecule has 0 saturated carbocycles. The fraction of sp³-hybridized carbons (Fsp3) is 0.714. The van der Waals surface area contributed by atoms with Crippen molar-refractivity contribution in [3.05, 3.63) is 11.8 Å². The smallest absolute Gasteiger partial charge is 0.227 e. The van der Waals surface area contributed by atoms with Gasteiger partial charge < -0.3 is 15.1 Å². The molecule has 19 heavy (non-hydrogen) atoms. The number of hydrogen-bond donors (Lipinski definition) is 1. The van der Waals surface area contributed by atoms with Crippen LogP contribution < -0.4 is 10.2 Å². The molecule has 0 bridgehead atoms. The first-order chi connectivity index (χ1) is 9.06. The highest BCUT2D eigenvalue weighted by Gasteiger charge is 2.07. The first-order valence-electron chi connectivity index (χ1n) is 7.06. The second kappa shape index (κ2) is 7.94. The third-order valence-corrected chi connectivity index (χ3v) is 2.98. The topological polar surface area (TPSA) is 44.3 Å². The van der Waals surface area contributed by atoms with Gasteiger partial charge in [0.1, 0.15) is 5.82 Å². The molecule has 5 heteroatoms. The van der Waals surface area contributed by atoms with Gasteiger partial charge in [0.05, 0.1) is 0 Å². The number of hydrogen-bond acceptors (Lipinski definition) is 5. The van der Waals surface area contributed by atoms with E-state index >= 15 is 0 Å². The first kappa shape index (κ1) is 15.7. The highest BCUT2D eigenvalue weighted by molar-refractivity contribution is 5.43. The molecule has 1 aromatic rings. The molecule has 1 N–H and O–H groups in total. The molecule has 0 unspecified atom stereocenters. The summed E-state index contributed by atoms with van der Waals surface area (Å²) in [6.07, 6.45) is 1.11. The molecule has 0 radical (unpaired) electrons. The molecule has 0 saturated heterocycles. The van der Waals surface area contributed by atoms with Crippen LogP contribution in [0.3, 0.4) is 0 Å². The molecule has 0 amide bonds. The number of aromatic nitrogens is 2. The van der Waals surface area contributed by atoms with Crippen LogP contribution in [0, 0.1) is 6.92 Å². The van der Waals surface area contributed by atoms with Crippen LogP contribution in [0.5, 0.6) is 0 Å². The molecule has 0 aliphatic carbocycles. The Balaban J connectivity index is 2.63. The van der Waals surface area contributed by atoms with Crippen LogP contribution in [0.25, 0.3) is 0 Å². The lowest BCUT2D eigenvalue weighted by atomic mass is 10.3. The Labute approximate surface area is 117 Å². The van der Waals surface area contributed by atoms with Crippen LogP contribution in [0.4, 0.5) is 11.8 Å². The summed E-state index contributed by atoms with van der Waals surface area (Å²) in [5.74, 6) is 1.74. The Bertz CT molecular complexity index is 374. The van der Waals surface area contributed by atoms with Gasteiger partial charge in [0.25, 0.3) is 0 Å². The number of aryl methyl sites for hydroxylation is 1. The minimum absolute atomic E-state index is 0.820. The molecule has 1 rings (SSSR count). The maximum Gasteiger partial charge on any atom is 0.227 e. The third kappa shape index (κ3) is 5.42. The Morgan fingerprint density at radius 3 is 2.42 bits per heavy atom. The Morgan fingerprint density at radius 2 is 1.84 bits per heavy atom. The van der Waals surface area contributed by atoms with E-state index in [0.29, 0.717) is 0 Å². The van der Waals surface area contributed by atoms with Crippen LogP contribution in [0.1, 0.15) is 26.0 Å². The van der Waals surface area contributed by atoms with E-state index in [9.17, 15) is 0 Å². The zero-order valence-electron chi connectivity index (χ0n) is 12.9. The van der Waals surface area contributed by atoms with Gasteiger partial charge in [0.15, 0.2) is 0 Å². The van der Waals surface area contributed by atoms with E-state index in [1.54, 1.807) is 0 Å². The highest BCUT2D eigenvalue weighted by Crippen LogP contribution is 2.13. The third-order valence-electron chi connectivity index (χ3n) is 2.98. The van der Waals surface area contributed by atoms with Crippen LogP contribution >= 0.6 is 0 Å². The molecule has 0 atom stereocenters. The van der Waals surface area contributed by atoms with Crippen molar-refractivity contribution in [1.29, 1.82) is 0 Å². The molecule has 0 fully saturated rings. The van der Waals surface area contributed by atoms with Crippen molar-refractivity contribution in [3.63, 3.8) is 0 Å². The lowest BCUT2D eigenvalue weighted by Gasteiger charge is -2.19. The van der Waals surface area contributed by atoms with Gasteiger partial charge in [-0.15, -0.1) is 0 Å². The monoisotopic (exact) mass is 265 g/mol. The van der Waals surface area contributed by atoms with Gasteiger partial charge in [-0.2, -0.15) is 4.98 Å². The van der Waals surface area contributed by atoms with Crippen molar-refractivity contribution in [1.82, 2.24) is 14.9 Å². The molecule has 0 aromatic carbocycles. The molecular formula is C14H27N5. The number of nitrogens with one attached hydrogen (secondary N) is 1. The Morgan fingerprint density at radius 1 is 1.16 bits per heavy atom. The van der Waals surface area contributed by atoms with Crippen molar-refractivity contribution < 1.29 is 0 Å². The molecule has 1 aromatic heterocycles. The number of nitrogens with zero attached hydrogens (tertiary/aromatic N) is 4. The Kier molecular flexibility index (Phi) is 6.56. The molecule has 0 aliphatic heterocycles. The molecule has 0 spiro atoms. The second-order valence-electron chi connectivity index (χ2n) is 4.95. The lowest BCUT2D eigenvalue weighted by Crippen LogP contribution is -2.25. The van der Waals surface area contributed by atoms with E-state index in [0.717, 1.165) is 50.1 Å². The van der Waals surface area contributed by atoms with E-state index in [-0.39, 0.29) is 0 Å². The van der Waals surface area contributed by atoms with E-state index < -0.39 is 0 Å². The summed E-state index contributed by atoms with van der Waals surface area (Å²) in [5.41, 5.74) is 1.01. The molecule has 0 aliphatic rings. The van der Waals surface area contributed by atoms with Crippen molar-refractivity contribution >= 4 is 11.8 Å². The minimum atomic E-state index is 0.820. The average molecular weight is 265 g/mol. The average Bonchev–Trinajstić information content (AvgIpc) is 2.35. The quantitative estimate of drug-likeness (QED) is 0.728. The summed E-state index contributed by atoms with van der Waals surface area (Å²) in [6, 6.07) is 2.00. The van der Waals surface area contributed by atoms with Gasteiger partial charge in [0.2, 0.25) is 5.95 Å². The molecule has 1 heterocycles. The summed E-state index contributed by atoms with van der Waals surface area (Å²) < 4.78 is 0. The summed E-state index contributed by atoms with van der Waals surface area (Å²) in [7, 11) is 4.18. The van der Waals surface area contributed by atoms with Gasteiger partial charge in [0, 0.05) is 31.4 Å². The number of anilines is 2. The summed E-state index contributed by atoms with van der Waals surface area (Å²) in [4.78, 5) is 13.4. The van der Waals surface area contributed by atoms with E-state index in [4.69, 9.17) is 0 Å². The number of rotatable bonds is 8. The van der Waals surface area contributed by atoms with Crippen molar-refractivity contribution in [2.24, 2.45) is 0 Å². The van der Waals surface area contributed by atoms with Gasteiger partial charge >= 0.3 is 0 Å². The maximum absolute atomic E-state index is 4.58. The van der Waals surface area contributed by atoms with Crippen molar-refractivity contribution in [3.8, 4) is 0 Å². The van der Waals surface area contributed by atoms with Crippen LogP contribution in [0.2, 0.25) is 0 Å². The van der Waals surface area contributed by atoms with E-state index in [2.05, 4.69) is 53.0 Å². The van der Waals surface area contributed by atoms with Gasteiger partial charge in [-0.25, -0.2) is 4.98 Å².